The number of rotatable bonds is 4. The normalized spacial score (nSPS) is 13.2. The Morgan fingerprint density at radius 2 is 1.59 bits per heavy atom. The van der Waals surface area contributed by atoms with Crippen molar-refractivity contribution >= 4 is 33.7 Å². The standard InChI is InChI=1S/C38H27N3OS.Pd/c1-38(2)31-16-4-5-18-33(31)43-34-20-19-29-30-15-10-22-40(3)37(30)41(36(29)35(34)38)26-12-9-14-28(24-26)42-27-13-8-11-25(23-27)32-17-6-7-21-39-32;/h4-22H,3H2,1-2H3;/q-2;. The number of nitrogens with zero attached hydrogens (tertiary/aromatic N) is 3. The molecule has 0 amide bonds. The van der Waals surface area contributed by atoms with Gasteiger partial charge in [0.1, 0.15) is 5.52 Å². The maximum Gasteiger partial charge on any atom is 0.190 e. The largest absolute Gasteiger partial charge is 0.503 e. The average Bonchev–Trinajstić information content (AvgIpc) is 3.37. The van der Waals surface area contributed by atoms with Crippen molar-refractivity contribution in [2.45, 2.75) is 29.1 Å². The van der Waals surface area contributed by atoms with Gasteiger partial charge < -0.3 is 14.3 Å². The molecule has 44 heavy (non-hydrogen) atoms. The zero-order valence-electron chi connectivity index (χ0n) is 24.2. The summed E-state index contributed by atoms with van der Waals surface area (Å²) in [5.41, 5.74) is 7.20. The van der Waals surface area contributed by atoms with Gasteiger partial charge in [0, 0.05) is 75.3 Å². The molecule has 6 heteroatoms. The number of pyridine rings is 2. The first-order chi connectivity index (χ1) is 21.0. The van der Waals surface area contributed by atoms with Crippen molar-refractivity contribution in [2.24, 2.45) is 0 Å². The molecule has 7 aromatic rings. The van der Waals surface area contributed by atoms with Crippen molar-refractivity contribution in [1.29, 1.82) is 0 Å². The monoisotopic (exact) mass is 679 g/mol. The average molecular weight is 680 g/mol. The topological polar surface area (TPSA) is 30.9 Å². The summed E-state index contributed by atoms with van der Waals surface area (Å²) < 4.78 is 10.6. The molecule has 218 valence electrons. The second-order valence-corrected chi connectivity index (χ2v) is 12.3. The number of hydrogen-bond donors (Lipinski definition) is 0. The molecule has 0 fully saturated rings. The molecule has 0 aliphatic carbocycles. The minimum atomic E-state index is -0.218. The van der Waals surface area contributed by atoms with Crippen LogP contribution in [0.2, 0.25) is 0 Å². The van der Waals surface area contributed by atoms with Crippen LogP contribution in [-0.4, -0.2) is 9.55 Å². The van der Waals surface area contributed by atoms with Crippen LogP contribution >= 0.6 is 11.8 Å². The fraction of sp³-hybridized carbons (Fsp3) is 0.0789. The van der Waals surface area contributed by atoms with Gasteiger partial charge in [-0.25, -0.2) is 0 Å². The Morgan fingerprint density at radius 1 is 0.795 bits per heavy atom. The van der Waals surface area contributed by atoms with Gasteiger partial charge in [-0.1, -0.05) is 80.2 Å². The van der Waals surface area contributed by atoms with Crippen LogP contribution in [0.4, 0.5) is 0 Å². The molecule has 0 bridgehead atoms. The molecule has 0 saturated carbocycles. The first-order valence-electron chi connectivity index (χ1n) is 14.2. The van der Waals surface area contributed by atoms with Crippen molar-refractivity contribution in [3.05, 3.63) is 146 Å². The SMILES string of the molecule is [CH2-][n+]1cccc2c3ccc4c(c3n(-c3[c-]c(Oc5[c-]c(-c6ccccn6)ccc5)ccc3)c21)C(C)(C)c1ccccc1S4.[Pd]. The summed E-state index contributed by atoms with van der Waals surface area (Å²) in [5, 5.41) is 2.34. The second kappa shape index (κ2) is 11.0. The van der Waals surface area contributed by atoms with Crippen molar-refractivity contribution in [1.82, 2.24) is 9.55 Å². The van der Waals surface area contributed by atoms with Gasteiger partial charge in [-0.15, -0.1) is 35.9 Å². The summed E-state index contributed by atoms with van der Waals surface area (Å²) in [7, 11) is 4.38. The minimum Gasteiger partial charge on any atom is -0.503 e. The van der Waals surface area contributed by atoms with E-state index in [1.807, 2.05) is 71.1 Å². The van der Waals surface area contributed by atoms with Crippen LogP contribution in [0.15, 0.2) is 125 Å². The van der Waals surface area contributed by atoms with Crippen LogP contribution in [0.5, 0.6) is 11.5 Å². The summed E-state index contributed by atoms with van der Waals surface area (Å²) in [6.07, 6.45) is 3.78. The number of aromatic nitrogens is 3. The Bertz CT molecular complexity index is 2190. The Morgan fingerprint density at radius 3 is 2.43 bits per heavy atom. The predicted molar refractivity (Wildman–Crippen MR) is 172 cm³/mol. The third-order valence-corrected chi connectivity index (χ3v) is 9.37. The van der Waals surface area contributed by atoms with Crippen LogP contribution < -0.4 is 9.30 Å². The molecule has 1 aliphatic rings. The van der Waals surface area contributed by atoms with Crippen LogP contribution in [0.1, 0.15) is 25.0 Å². The van der Waals surface area contributed by atoms with Crippen LogP contribution in [0.3, 0.4) is 0 Å². The fourth-order valence-corrected chi connectivity index (χ4v) is 7.71. The Balaban J connectivity index is 0.00000312. The Kier molecular flexibility index (Phi) is 7.10. The van der Waals surface area contributed by atoms with Crippen LogP contribution in [0, 0.1) is 19.2 Å². The molecule has 1 aliphatic heterocycles. The van der Waals surface area contributed by atoms with E-state index in [0.29, 0.717) is 11.5 Å². The fourth-order valence-electron chi connectivity index (χ4n) is 6.30. The summed E-state index contributed by atoms with van der Waals surface area (Å²) in [6, 6.07) is 42.2. The van der Waals surface area contributed by atoms with E-state index >= 15 is 0 Å². The van der Waals surface area contributed by atoms with Gasteiger partial charge in [0.05, 0.1) is 0 Å². The first kappa shape index (κ1) is 28.4. The zero-order valence-corrected chi connectivity index (χ0v) is 26.5. The summed E-state index contributed by atoms with van der Waals surface area (Å²) >= 11 is 1.84. The van der Waals surface area contributed by atoms with E-state index in [9.17, 15) is 0 Å². The molecule has 4 aromatic carbocycles. The maximum atomic E-state index is 6.35. The quantitative estimate of drug-likeness (QED) is 0.106. The minimum absolute atomic E-state index is 0. The number of hydrogen-bond acceptors (Lipinski definition) is 3. The molecule has 4 nitrogen and oxygen atoms in total. The molecular weight excluding hydrogens is 653 g/mol. The van der Waals surface area contributed by atoms with Gasteiger partial charge >= 0.3 is 0 Å². The van der Waals surface area contributed by atoms with E-state index in [-0.39, 0.29) is 25.8 Å². The van der Waals surface area contributed by atoms with Gasteiger partial charge in [-0.05, 0) is 48.8 Å². The number of fused-ring (bicyclic) bond motifs is 6. The number of ether oxygens (including phenoxy) is 1. The van der Waals surface area contributed by atoms with Crippen molar-refractivity contribution < 1.29 is 29.7 Å². The molecule has 0 N–H and O–H groups in total. The van der Waals surface area contributed by atoms with Crippen LogP contribution in [-0.2, 0) is 25.8 Å². The molecule has 4 heterocycles. The van der Waals surface area contributed by atoms with Gasteiger partial charge in [0.25, 0.3) is 0 Å². The number of benzene rings is 4. The smallest absolute Gasteiger partial charge is 0.190 e. The predicted octanol–water partition coefficient (Wildman–Crippen LogP) is 8.95. The van der Waals surface area contributed by atoms with E-state index in [0.717, 1.165) is 28.0 Å². The van der Waals surface area contributed by atoms with Crippen molar-refractivity contribution in [2.75, 3.05) is 0 Å². The van der Waals surface area contributed by atoms with Gasteiger partial charge in [0.2, 0.25) is 0 Å². The molecule has 0 unspecified atom stereocenters. The maximum absolute atomic E-state index is 6.35. The third-order valence-electron chi connectivity index (χ3n) is 8.24. The summed E-state index contributed by atoms with van der Waals surface area (Å²) in [5.74, 6) is 1.22. The molecule has 0 atom stereocenters. The van der Waals surface area contributed by atoms with Gasteiger partial charge in [-0.3, -0.25) is 4.57 Å². The molecule has 8 rings (SSSR count). The van der Waals surface area contributed by atoms with Crippen molar-refractivity contribution in [3.63, 3.8) is 0 Å². The molecule has 0 radical (unpaired) electrons. The van der Waals surface area contributed by atoms with E-state index < -0.39 is 0 Å². The van der Waals surface area contributed by atoms with E-state index in [2.05, 4.69) is 97.2 Å². The molecule has 3 aromatic heterocycles. The Hall–Kier alpha value is -4.34. The summed E-state index contributed by atoms with van der Waals surface area (Å²) in [4.78, 5) is 7.04. The summed E-state index contributed by atoms with van der Waals surface area (Å²) in [6.45, 7) is 4.66. The van der Waals surface area contributed by atoms with Crippen molar-refractivity contribution in [3.8, 4) is 28.4 Å². The van der Waals surface area contributed by atoms with E-state index in [4.69, 9.17) is 4.74 Å². The van der Waals surface area contributed by atoms with E-state index in [1.165, 1.54) is 31.8 Å². The van der Waals surface area contributed by atoms with E-state index in [1.54, 1.807) is 6.20 Å². The third kappa shape index (κ3) is 4.53. The Labute approximate surface area is 275 Å². The second-order valence-electron chi connectivity index (χ2n) is 11.3. The van der Waals surface area contributed by atoms with Gasteiger partial charge in [0.15, 0.2) is 5.65 Å². The van der Waals surface area contributed by atoms with Crippen LogP contribution in [0.25, 0.3) is 38.9 Å². The molecule has 0 saturated heterocycles. The molecule has 0 spiro atoms. The molecular formula is C38H27N3OPdS-2. The van der Waals surface area contributed by atoms with Gasteiger partial charge in [-0.2, -0.15) is 6.07 Å². The zero-order chi connectivity index (χ0) is 29.1. The first-order valence-corrected chi connectivity index (χ1v) is 15.1.